The summed E-state index contributed by atoms with van der Waals surface area (Å²) in [7, 11) is 0. The Labute approximate surface area is 189 Å². The molecule has 3 N–H and O–H groups in total. The number of pyridine rings is 1. The third kappa shape index (κ3) is 3.67. The summed E-state index contributed by atoms with van der Waals surface area (Å²) in [5.41, 5.74) is 4.04. The highest BCUT2D eigenvalue weighted by Gasteiger charge is 2.34. The van der Waals surface area contributed by atoms with Crippen molar-refractivity contribution in [2.45, 2.75) is 12.5 Å². The molecule has 1 aliphatic rings. The molecule has 0 radical (unpaired) electrons. The second-order valence-electron chi connectivity index (χ2n) is 7.96. The molecule has 4 heterocycles. The van der Waals surface area contributed by atoms with Crippen molar-refractivity contribution in [1.29, 1.82) is 5.26 Å². The van der Waals surface area contributed by atoms with Crippen molar-refractivity contribution in [3.05, 3.63) is 65.1 Å². The summed E-state index contributed by atoms with van der Waals surface area (Å²) in [6.45, 7) is 3.35. The number of aliphatic hydroxyl groups is 1. The average molecular weight is 446 g/mol. The standard InChI is InChI=1S/C23H20ClN7O/c1-14-8-16(9-18(24)28-14)20-21(17-5-3-2-4-15(17)10-25)30-31-7-6-19(29-22(20)31)27-13-23(32)11-26-12-23/h2-9,26,32H,11-13H2,1H3,(H,27,29). The van der Waals surface area contributed by atoms with Gasteiger partial charge in [-0.2, -0.15) is 10.4 Å². The van der Waals surface area contributed by atoms with Crippen molar-refractivity contribution in [3.63, 3.8) is 0 Å². The van der Waals surface area contributed by atoms with Crippen LogP contribution in [0.3, 0.4) is 0 Å². The molecule has 32 heavy (non-hydrogen) atoms. The predicted molar refractivity (Wildman–Crippen MR) is 122 cm³/mol. The van der Waals surface area contributed by atoms with Crippen LogP contribution in [0.25, 0.3) is 28.0 Å². The Hall–Kier alpha value is -3.51. The van der Waals surface area contributed by atoms with Crippen molar-refractivity contribution in [2.75, 3.05) is 25.0 Å². The molecule has 9 heteroatoms. The van der Waals surface area contributed by atoms with E-state index in [1.54, 1.807) is 16.6 Å². The fraction of sp³-hybridized carbons (Fsp3) is 0.217. The van der Waals surface area contributed by atoms with E-state index in [1.165, 1.54) is 0 Å². The van der Waals surface area contributed by atoms with Gasteiger partial charge in [0.1, 0.15) is 22.3 Å². The van der Waals surface area contributed by atoms with Crippen LogP contribution in [0.2, 0.25) is 5.15 Å². The molecule has 1 fully saturated rings. The molecular formula is C23H20ClN7O. The van der Waals surface area contributed by atoms with Crippen molar-refractivity contribution in [3.8, 4) is 28.5 Å². The van der Waals surface area contributed by atoms with Crippen LogP contribution < -0.4 is 10.6 Å². The molecule has 0 atom stereocenters. The molecule has 1 aromatic carbocycles. The molecule has 0 unspecified atom stereocenters. The van der Waals surface area contributed by atoms with E-state index in [-0.39, 0.29) is 0 Å². The van der Waals surface area contributed by atoms with Gasteiger partial charge < -0.3 is 15.7 Å². The fourth-order valence-corrected chi connectivity index (χ4v) is 4.09. The van der Waals surface area contributed by atoms with E-state index < -0.39 is 5.60 Å². The number of nitrogens with one attached hydrogen (secondary N) is 2. The molecule has 0 aliphatic carbocycles. The Morgan fingerprint density at radius 2 is 2.06 bits per heavy atom. The first-order valence-corrected chi connectivity index (χ1v) is 10.5. The molecule has 5 rings (SSSR count). The first-order valence-electron chi connectivity index (χ1n) is 10.2. The van der Waals surface area contributed by atoms with E-state index in [0.29, 0.717) is 53.1 Å². The Morgan fingerprint density at radius 1 is 1.25 bits per heavy atom. The van der Waals surface area contributed by atoms with Crippen LogP contribution in [-0.2, 0) is 0 Å². The summed E-state index contributed by atoms with van der Waals surface area (Å²) in [6.07, 6.45) is 1.81. The number of rotatable bonds is 5. The zero-order valence-corrected chi connectivity index (χ0v) is 18.1. The number of aryl methyl sites for hydroxylation is 1. The van der Waals surface area contributed by atoms with Gasteiger partial charge in [-0.15, -0.1) is 0 Å². The zero-order chi connectivity index (χ0) is 22.3. The smallest absolute Gasteiger partial charge is 0.165 e. The summed E-state index contributed by atoms with van der Waals surface area (Å²) in [5.74, 6) is 0.621. The number of hydrogen-bond donors (Lipinski definition) is 3. The lowest BCUT2D eigenvalue weighted by Crippen LogP contribution is -2.63. The molecule has 1 saturated heterocycles. The lowest BCUT2D eigenvalue weighted by Gasteiger charge is -2.37. The lowest BCUT2D eigenvalue weighted by molar-refractivity contribution is 0.00306. The summed E-state index contributed by atoms with van der Waals surface area (Å²) in [5, 5.41) is 31.4. The minimum atomic E-state index is -0.774. The molecule has 160 valence electrons. The molecule has 0 amide bonds. The number of benzene rings is 1. The van der Waals surface area contributed by atoms with Crippen LogP contribution >= 0.6 is 11.6 Å². The van der Waals surface area contributed by atoms with E-state index in [9.17, 15) is 10.4 Å². The summed E-state index contributed by atoms with van der Waals surface area (Å²) >= 11 is 6.27. The van der Waals surface area contributed by atoms with Gasteiger partial charge in [-0.1, -0.05) is 29.8 Å². The van der Waals surface area contributed by atoms with E-state index >= 15 is 0 Å². The van der Waals surface area contributed by atoms with E-state index in [2.05, 4.69) is 21.7 Å². The highest BCUT2D eigenvalue weighted by Crippen LogP contribution is 2.37. The number of halogens is 1. The molecular weight excluding hydrogens is 426 g/mol. The molecule has 1 aliphatic heterocycles. The molecule has 0 bridgehead atoms. The maximum Gasteiger partial charge on any atom is 0.165 e. The highest BCUT2D eigenvalue weighted by molar-refractivity contribution is 6.29. The molecule has 4 aromatic rings. The number of aromatic nitrogens is 4. The van der Waals surface area contributed by atoms with Crippen LogP contribution in [0, 0.1) is 18.3 Å². The van der Waals surface area contributed by atoms with Crippen molar-refractivity contribution in [2.24, 2.45) is 0 Å². The van der Waals surface area contributed by atoms with Gasteiger partial charge in [-0.05, 0) is 36.8 Å². The first-order chi connectivity index (χ1) is 15.5. The minimum Gasteiger partial charge on any atom is -0.385 e. The van der Waals surface area contributed by atoms with Gasteiger partial charge in [0.15, 0.2) is 5.65 Å². The van der Waals surface area contributed by atoms with Gasteiger partial charge in [0.2, 0.25) is 0 Å². The normalized spacial score (nSPS) is 14.7. The number of anilines is 1. The van der Waals surface area contributed by atoms with Crippen LogP contribution in [-0.4, -0.2) is 49.9 Å². The van der Waals surface area contributed by atoms with Gasteiger partial charge in [0, 0.05) is 37.1 Å². The lowest BCUT2D eigenvalue weighted by atomic mass is 9.97. The molecule has 8 nitrogen and oxygen atoms in total. The molecule has 0 saturated carbocycles. The quantitative estimate of drug-likeness (QED) is 0.405. The maximum absolute atomic E-state index is 10.4. The number of nitrogens with zero attached hydrogens (tertiary/aromatic N) is 5. The SMILES string of the molecule is Cc1cc(-c2c(-c3ccccc3C#N)nn3ccc(NCC4(O)CNC4)nc23)cc(Cl)n1. The Balaban J connectivity index is 1.69. The monoisotopic (exact) mass is 445 g/mol. The number of fused-ring (bicyclic) bond motifs is 1. The van der Waals surface area contributed by atoms with Gasteiger partial charge in [0.25, 0.3) is 0 Å². The van der Waals surface area contributed by atoms with Gasteiger partial charge in [-0.25, -0.2) is 14.5 Å². The predicted octanol–water partition coefficient (Wildman–Crippen LogP) is 3.04. The molecule has 3 aromatic heterocycles. The van der Waals surface area contributed by atoms with E-state index in [1.807, 2.05) is 43.5 Å². The maximum atomic E-state index is 10.4. The van der Waals surface area contributed by atoms with Gasteiger partial charge in [0.05, 0.1) is 17.2 Å². The zero-order valence-electron chi connectivity index (χ0n) is 17.3. The van der Waals surface area contributed by atoms with E-state index in [0.717, 1.165) is 16.8 Å². The second kappa shape index (κ2) is 7.88. The van der Waals surface area contributed by atoms with Gasteiger partial charge in [-0.3, -0.25) is 0 Å². The Kier molecular flexibility index (Phi) is 5.02. The number of β-amino-alcohol motifs (C(OH)–C–C–N with tert-alkyl or cyclic N) is 1. The average Bonchev–Trinajstić information content (AvgIpc) is 3.14. The minimum absolute atomic E-state index is 0.368. The van der Waals surface area contributed by atoms with Crippen LogP contribution in [0.4, 0.5) is 5.82 Å². The summed E-state index contributed by atoms with van der Waals surface area (Å²) < 4.78 is 1.69. The van der Waals surface area contributed by atoms with E-state index in [4.69, 9.17) is 21.7 Å². The highest BCUT2D eigenvalue weighted by atomic mass is 35.5. The van der Waals surface area contributed by atoms with Crippen LogP contribution in [0.15, 0.2) is 48.7 Å². The van der Waals surface area contributed by atoms with Crippen molar-refractivity contribution >= 4 is 23.1 Å². The number of hydrogen-bond acceptors (Lipinski definition) is 7. The largest absolute Gasteiger partial charge is 0.385 e. The fourth-order valence-electron chi connectivity index (χ4n) is 3.84. The topological polar surface area (TPSA) is 111 Å². The van der Waals surface area contributed by atoms with Crippen LogP contribution in [0.1, 0.15) is 11.3 Å². The van der Waals surface area contributed by atoms with Gasteiger partial charge >= 0.3 is 0 Å². The second-order valence-corrected chi connectivity index (χ2v) is 8.35. The third-order valence-corrected chi connectivity index (χ3v) is 5.70. The first kappa shape index (κ1) is 20.4. The van der Waals surface area contributed by atoms with Crippen molar-refractivity contribution < 1.29 is 5.11 Å². The Bertz CT molecular complexity index is 1350. The number of nitriles is 1. The van der Waals surface area contributed by atoms with Crippen LogP contribution in [0.5, 0.6) is 0 Å². The van der Waals surface area contributed by atoms with Crippen molar-refractivity contribution in [1.82, 2.24) is 24.9 Å². The Morgan fingerprint density at radius 3 is 2.78 bits per heavy atom. The third-order valence-electron chi connectivity index (χ3n) is 5.51. The summed E-state index contributed by atoms with van der Waals surface area (Å²) in [6, 6.07) is 15.1. The molecule has 0 spiro atoms. The summed E-state index contributed by atoms with van der Waals surface area (Å²) in [4.78, 5) is 9.06.